The lowest BCUT2D eigenvalue weighted by Gasteiger charge is -2.14. The first kappa shape index (κ1) is 44.7. The van der Waals surface area contributed by atoms with Crippen molar-refractivity contribution >= 4 is 62.0 Å². The third kappa shape index (κ3) is 10.8. The highest BCUT2D eigenvalue weighted by molar-refractivity contribution is 8.00. The Hall–Kier alpha value is -4.48. The molecule has 0 unspecified atom stereocenters. The number of phenols is 2. The van der Waals surface area contributed by atoms with Crippen molar-refractivity contribution in [2.75, 3.05) is 0 Å². The van der Waals surface area contributed by atoms with Gasteiger partial charge in [-0.25, -0.2) is 0 Å². The van der Waals surface area contributed by atoms with Crippen molar-refractivity contribution in [1.29, 1.82) is 0 Å². The molecule has 4 aromatic carbocycles. The van der Waals surface area contributed by atoms with Crippen LogP contribution in [0.25, 0.3) is 21.5 Å². The average Bonchev–Trinajstić information content (AvgIpc) is 2.96. The molecule has 0 aromatic heterocycles. The number of fused-ring (bicyclic) bond motifs is 2. The van der Waals surface area contributed by atoms with Crippen LogP contribution in [0, 0.1) is 0 Å². The van der Waals surface area contributed by atoms with E-state index in [1.165, 1.54) is 0 Å². The molecule has 0 saturated heterocycles. The van der Waals surface area contributed by atoms with Gasteiger partial charge in [-0.2, -0.15) is 86.4 Å². The van der Waals surface area contributed by atoms with Gasteiger partial charge in [0, 0.05) is 21.5 Å². The van der Waals surface area contributed by atoms with E-state index in [2.05, 4.69) is 8.37 Å². The summed E-state index contributed by atoms with van der Waals surface area (Å²) >= 11 is 0. The van der Waals surface area contributed by atoms with Crippen molar-refractivity contribution in [2.24, 2.45) is 0 Å². The molecule has 0 aliphatic rings. The minimum atomic E-state index is -6.85. The molecule has 4 aromatic rings. The molecule has 0 heterocycles. The summed E-state index contributed by atoms with van der Waals surface area (Å²) in [6.07, 6.45) is 0. The number of aromatic hydroxyl groups is 2. The molecule has 2 N–H and O–H groups in total. The fourth-order valence-corrected chi connectivity index (χ4v) is 5.71. The Morgan fingerprint density at radius 1 is 0.377 bits per heavy atom. The van der Waals surface area contributed by atoms with Crippen molar-refractivity contribution in [1.82, 2.24) is 0 Å². The third-order valence-electron chi connectivity index (χ3n) is 5.43. The molecule has 0 aliphatic heterocycles. The minimum absolute atomic E-state index is 0.198. The minimum Gasteiger partial charge on any atom is -0.507 e. The van der Waals surface area contributed by atoms with Gasteiger partial charge in [0.25, 0.3) is 0 Å². The van der Waals surface area contributed by atoms with Gasteiger partial charge in [0.05, 0.1) is 0 Å². The highest BCUT2D eigenvalue weighted by Gasteiger charge is 2.57. The average molecular weight is 867 g/mol. The zero-order valence-electron chi connectivity index (χ0n) is 24.5. The number of benzene rings is 4. The number of hydrogen-bond donors (Lipinski definition) is 2. The molecular weight excluding hydrogens is 852 g/mol. The summed E-state index contributed by atoms with van der Waals surface area (Å²) in [5.74, 6) is -1.36. The zero-order chi connectivity index (χ0) is 41.2. The lowest BCUT2D eigenvalue weighted by atomic mass is 10.1. The number of phenolic OH excluding ortho intramolecular Hbond substituents is 2. The van der Waals surface area contributed by atoms with Crippen LogP contribution >= 0.6 is 0 Å². The van der Waals surface area contributed by atoms with Gasteiger partial charge in [0.15, 0.2) is 11.5 Å². The molecule has 53 heavy (non-hydrogen) atoms. The summed E-state index contributed by atoms with van der Waals surface area (Å²) in [7, 11) is -25.8. The predicted octanol–water partition coefficient (Wildman–Crippen LogP) is 6.25. The molecule has 0 spiro atoms. The lowest BCUT2D eigenvalue weighted by molar-refractivity contribution is -0.0586. The van der Waals surface area contributed by atoms with Crippen LogP contribution in [-0.2, 0) is 44.1 Å². The van der Waals surface area contributed by atoms with E-state index in [-0.39, 0.29) is 11.5 Å². The van der Waals surface area contributed by atoms with Gasteiger partial charge in [-0.05, 0) is 24.3 Å². The van der Waals surface area contributed by atoms with Crippen molar-refractivity contribution in [3.8, 4) is 23.0 Å². The van der Waals surface area contributed by atoms with Gasteiger partial charge in [-0.15, -0.1) is 3.63 Å². The normalized spacial score (nSPS) is 13.4. The van der Waals surface area contributed by atoms with Crippen LogP contribution < -0.4 is 8.37 Å². The number of halogens is 12. The maximum Gasteiger partial charge on any atom is 0.534 e. The Morgan fingerprint density at radius 2 is 0.623 bits per heavy atom. The second-order valence-corrected chi connectivity index (χ2v) is 15.5. The molecule has 0 amide bonds. The molecule has 0 fully saturated rings. The van der Waals surface area contributed by atoms with Gasteiger partial charge in [0.2, 0.25) is 0 Å². The molecule has 0 saturated carbocycles. The van der Waals surface area contributed by atoms with Gasteiger partial charge < -0.3 is 18.6 Å². The van der Waals surface area contributed by atoms with Gasteiger partial charge in [-0.3, -0.25) is 0 Å². The van der Waals surface area contributed by atoms with E-state index >= 15 is 0 Å². The SMILES string of the molecule is O=S(=O)(OS(=O)(=O)C(F)(F)F)C(F)(F)F.O=S(=O)(Oc1cccc2c(OS(=O)(=O)C(F)(F)F)cccc12)C(F)(F)F.Oc1cccc2c(O)cccc12. The second-order valence-electron chi connectivity index (χ2n) is 9.09. The van der Waals surface area contributed by atoms with Crippen molar-refractivity contribution in [3.63, 3.8) is 0 Å². The smallest absolute Gasteiger partial charge is 0.507 e. The van der Waals surface area contributed by atoms with E-state index in [1.54, 1.807) is 36.4 Å². The van der Waals surface area contributed by atoms with E-state index in [1.807, 2.05) is 3.63 Å². The molecule has 0 radical (unpaired) electrons. The summed E-state index contributed by atoms with van der Waals surface area (Å²) in [5, 5.41) is 19.3. The first-order chi connectivity index (χ1) is 23.7. The zero-order valence-corrected chi connectivity index (χ0v) is 27.7. The fraction of sp³-hybridized carbons (Fsp3) is 0.167. The molecule has 0 atom stereocenters. The first-order valence-electron chi connectivity index (χ1n) is 12.4. The second kappa shape index (κ2) is 15.1. The Bertz CT molecular complexity index is 2240. The highest BCUT2D eigenvalue weighted by atomic mass is 32.3. The van der Waals surface area contributed by atoms with Crippen LogP contribution in [0.2, 0.25) is 0 Å². The Kier molecular flexibility index (Phi) is 12.7. The Balaban J connectivity index is 0.000000303. The van der Waals surface area contributed by atoms with E-state index in [9.17, 15) is 96.6 Å². The molecule has 29 heteroatoms. The number of alkyl halides is 12. The van der Waals surface area contributed by atoms with Crippen LogP contribution in [0.15, 0.2) is 72.8 Å². The quantitative estimate of drug-likeness (QED) is 0.125. The summed E-state index contributed by atoms with van der Waals surface area (Å²) in [6, 6.07) is 15.6. The van der Waals surface area contributed by atoms with E-state index < -0.39 is 84.8 Å². The largest absolute Gasteiger partial charge is 0.534 e. The summed E-state index contributed by atoms with van der Waals surface area (Å²) in [4.78, 5) is 0. The van der Waals surface area contributed by atoms with Crippen LogP contribution in [0.1, 0.15) is 0 Å². The molecule has 296 valence electrons. The Morgan fingerprint density at radius 3 is 0.887 bits per heavy atom. The van der Waals surface area contributed by atoms with Gasteiger partial charge in [0.1, 0.15) is 11.5 Å². The number of rotatable bonds is 6. The van der Waals surface area contributed by atoms with Crippen molar-refractivity contribution in [3.05, 3.63) is 72.8 Å². The molecule has 0 bridgehead atoms. The van der Waals surface area contributed by atoms with E-state index in [4.69, 9.17) is 0 Å². The molecular formula is C24H14F12O13S4. The van der Waals surface area contributed by atoms with Crippen LogP contribution in [-0.4, -0.2) is 65.9 Å². The van der Waals surface area contributed by atoms with Crippen LogP contribution in [0.4, 0.5) is 52.7 Å². The van der Waals surface area contributed by atoms with Crippen molar-refractivity contribution in [2.45, 2.75) is 22.0 Å². The van der Waals surface area contributed by atoms with E-state index in [0.717, 1.165) is 36.4 Å². The highest BCUT2D eigenvalue weighted by Crippen LogP contribution is 2.38. The third-order valence-corrected chi connectivity index (χ3v) is 9.93. The summed E-state index contributed by atoms with van der Waals surface area (Å²) in [6.45, 7) is 0. The standard InChI is InChI=1S/C12H6F6O6S2.C10H8O2.C2F6O5S2/c13-11(14,15)25(19,20)23-9-5-1-3-7-8(9)4-2-6-10(7)24-26(21,22)12(16,17)18;11-9-5-1-3-7-8(9)4-2-6-10(7)12;3-1(4,5)14(9,10)13-15(11,12)2(6,7)8/h1-6H;1-6,11-12H;. The van der Waals surface area contributed by atoms with Crippen LogP contribution in [0.3, 0.4) is 0 Å². The summed E-state index contributed by atoms with van der Waals surface area (Å²) in [5.41, 5.74) is -24.0. The maximum absolute atomic E-state index is 12.4. The maximum atomic E-state index is 12.4. The Labute approximate surface area is 288 Å². The first-order valence-corrected chi connectivity index (χ1v) is 18.0. The molecule has 4 rings (SSSR count). The van der Waals surface area contributed by atoms with Crippen LogP contribution in [0.5, 0.6) is 23.0 Å². The van der Waals surface area contributed by atoms with Gasteiger partial charge >= 0.3 is 62.5 Å². The lowest BCUT2D eigenvalue weighted by Crippen LogP contribution is -2.34. The van der Waals surface area contributed by atoms with Crippen molar-refractivity contribution < 1.29 is 109 Å². The topological polar surface area (TPSA) is 205 Å². The van der Waals surface area contributed by atoms with E-state index in [0.29, 0.717) is 10.8 Å². The summed E-state index contributed by atoms with van der Waals surface area (Å²) < 4.78 is 237. The number of hydrogen-bond acceptors (Lipinski definition) is 13. The van der Waals surface area contributed by atoms with Gasteiger partial charge in [-0.1, -0.05) is 48.5 Å². The monoisotopic (exact) mass is 866 g/mol. The fourth-order valence-electron chi connectivity index (χ4n) is 3.20. The predicted molar refractivity (Wildman–Crippen MR) is 153 cm³/mol. The molecule has 0 aliphatic carbocycles. The molecule has 13 nitrogen and oxygen atoms in total.